The van der Waals surface area contributed by atoms with Crippen molar-refractivity contribution in [1.29, 1.82) is 0 Å². The standard InChI is InChI=1S/C11H21NO2/c1-14-10-6-2-3-7-11(10,13)9-5-4-8-12-9/h9-10,12-13H,2-8H2,1H3. The Balaban J connectivity index is 2.08. The lowest BCUT2D eigenvalue weighted by Crippen LogP contribution is -2.57. The van der Waals surface area contributed by atoms with E-state index in [0.29, 0.717) is 0 Å². The summed E-state index contributed by atoms with van der Waals surface area (Å²) in [6, 6.07) is 0.257. The lowest BCUT2D eigenvalue weighted by atomic mass is 9.76. The summed E-state index contributed by atoms with van der Waals surface area (Å²) in [7, 11) is 1.72. The number of ether oxygens (including phenoxy) is 1. The molecule has 0 amide bonds. The second-order valence-electron chi connectivity index (χ2n) is 4.61. The van der Waals surface area contributed by atoms with Gasteiger partial charge in [0.25, 0.3) is 0 Å². The largest absolute Gasteiger partial charge is 0.386 e. The minimum Gasteiger partial charge on any atom is -0.386 e. The number of hydrogen-bond acceptors (Lipinski definition) is 3. The molecule has 0 aromatic rings. The Kier molecular flexibility index (Phi) is 3.10. The molecule has 1 heterocycles. The minimum absolute atomic E-state index is 0.0341. The van der Waals surface area contributed by atoms with E-state index in [1.807, 2.05) is 0 Å². The number of hydrogen-bond donors (Lipinski definition) is 2. The molecule has 0 aromatic heterocycles. The topological polar surface area (TPSA) is 41.5 Å². The van der Waals surface area contributed by atoms with Crippen LogP contribution < -0.4 is 5.32 Å². The molecule has 1 saturated heterocycles. The first-order valence-electron chi connectivity index (χ1n) is 5.76. The molecule has 0 radical (unpaired) electrons. The smallest absolute Gasteiger partial charge is 0.106 e. The molecule has 3 atom stereocenters. The predicted molar refractivity (Wildman–Crippen MR) is 55.2 cm³/mol. The first-order valence-corrected chi connectivity index (χ1v) is 5.76. The van der Waals surface area contributed by atoms with Crippen LogP contribution in [0.2, 0.25) is 0 Å². The number of methoxy groups -OCH3 is 1. The third-order valence-corrected chi connectivity index (χ3v) is 3.80. The molecule has 0 bridgehead atoms. The maximum absolute atomic E-state index is 10.6. The van der Waals surface area contributed by atoms with Gasteiger partial charge in [0.2, 0.25) is 0 Å². The molecule has 1 saturated carbocycles. The zero-order valence-corrected chi connectivity index (χ0v) is 8.96. The van der Waals surface area contributed by atoms with E-state index in [-0.39, 0.29) is 12.1 Å². The summed E-state index contributed by atoms with van der Waals surface area (Å²) in [4.78, 5) is 0. The Morgan fingerprint density at radius 1 is 1.29 bits per heavy atom. The second kappa shape index (κ2) is 4.17. The van der Waals surface area contributed by atoms with Crippen LogP contribution in [0.3, 0.4) is 0 Å². The SMILES string of the molecule is COC1CCCCC1(O)C1CCCN1. The highest BCUT2D eigenvalue weighted by molar-refractivity contribution is 5.01. The van der Waals surface area contributed by atoms with Crippen molar-refractivity contribution in [3.8, 4) is 0 Å². The number of nitrogens with one attached hydrogen (secondary N) is 1. The molecule has 82 valence electrons. The minimum atomic E-state index is -0.608. The van der Waals surface area contributed by atoms with E-state index in [9.17, 15) is 5.11 Å². The van der Waals surface area contributed by atoms with Crippen molar-refractivity contribution < 1.29 is 9.84 Å². The van der Waals surface area contributed by atoms with Crippen LogP contribution in [0.4, 0.5) is 0 Å². The maximum Gasteiger partial charge on any atom is 0.106 e. The normalized spacial score (nSPS) is 44.1. The summed E-state index contributed by atoms with van der Waals surface area (Å²) in [5, 5.41) is 14.0. The van der Waals surface area contributed by atoms with Crippen LogP contribution in [0, 0.1) is 0 Å². The van der Waals surface area contributed by atoms with Crippen LogP contribution in [-0.4, -0.2) is 36.5 Å². The molecule has 2 rings (SSSR count). The van der Waals surface area contributed by atoms with Crippen LogP contribution in [0.5, 0.6) is 0 Å². The van der Waals surface area contributed by atoms with Gasteiger partial charge in [-0.25, -0.2) is 0 Å². The van der Waals surface area contributed by atoms with Crippen molar-refractivity contribution >= 4 is 0 Å². The van der Waals surface area contributed by atoms with Gasteiger partial charge in [0.15, 0.2) is 0 Å². The molecule has 1 aliphatic carbocycles. The molecule has 14 heavy (non-hydrogen) atoms. The van der Waals surface area contributed by atoms with Crippen LogP contribution in [0.15, 0.2) is 0 Å². The van der Waals surface area contributed by atoms with Crippen molar-refractivity contribution in [2.24, 2.45) is 0 Å². The molecule has 0 aromatic carbocycles. The van der Waals surface area contributed by atoms with Gasteiger partial charge < -0.3 is 15.2 Å². The molecular formula is C11H21NO2. The van der Waals surface area contributed by atoms with Crippen LogP contribution in [-0.2, 0) is 4.74 Å². The Morgan fingerprint density at radius 2 is 2.14 bits per heavy atom. The highest BCUT2D eigenvalue weighted by Gasteiger charge is 2.46. The summed E-state index contributed by atoms with van der Waals surface area (Å²) >= 11 is 0. The molecule has 3 heteroatoms. The fourth-order valence-electron chi connectivity index (χ4n) is 2.98. The first-order chi connectivity index (χ1) is 6.77. The van der Waals surface area contributed by atoms with Crippen molar-refractivity contribution in [3.05, 3.63) is 0 Å². The van der Waals surface area contributed by atoms with E-state index in [4.69, 9.17) is 4.74 Å². The summed E-state index contributed by atoms with van der Waals surface area (Å²) in [6.45, 7) is 1.05. The fourth-order valence-corrected chi connectivity index (χ4v) is 2.98. The van der Waals surface area contributed by atoms with Gasteiger partial charge in [-0.15, -0.1) is 0 Å². The number of rotatable bonds is 2. The van der Waals surface area contributed by atoms with Crippen molar-refractivity contribution in [1.82, 2.24) is 5.32 Å². The van der Waals surface area contributed by atoms with Crippen molar-refractivity contribution in [2.75, 3.05) is 13.7 Å². The van der Waals surface area contributed by atoms with Gasteiger partial charge in [0.05, 0.1) is 6.10 Å². The Hall–Kier alpha value is -0.120. The van der Waals surface area contributed by atoms with E-state index in [2.05, 4.69) is 5.32 Å². The third kappa shape index (κ3) is 1.69. The van der Waals surface area contributed by atoms with E-state index in [0.717, 1.165) is 32.2 Å². The van der Waals surface area contributed by atoms with Crippen LogP contribution in [0.25, 0.3) is 0 Å². The van der Waals surface area contributed by atoms with Gasteiger partial charge >= 0.3 is 0 Å². The lowest BCUT2D eigenvalue weighted by Gasteiger charge is -2.43. The van der Waals surface area contributed by atoms with Gasteiger partial charge in [-0.05, 0) is 32.2 Å². The van der Waals surface area contributed by atoms with E-state index in [1.165, 1.54) is 12.8 Å². The van der Waals surface area contributed by atoms with Gasteiger partial charge in [-0.1, -0.05) is 12.8 Å². The molecule has 2 N–H and O–H groups in total. The van der Waals surface area contributed by atoms with Gasteiger partial charge in [-0.3, -0.25) is 0 Å². The van der Waals surface area contributed by atoms with E-state index < -0.39 is 5.60 Å². The third-order valence-electron chi connectivity index (χ3n) is 3.80. The second-order valence-corrected chi connectivity index (χ2v) is 4.61. The Labute approximate surface area is 85.8 Å². The van der Waals surface area contributed by atoms with Gasteiger partial charge in [0.1, 0.15) is 5.60 Å². The molecule has 2 aliphatic rings. The van der Waals surface area contributed by atoms with Crippen molar-refractivity contribution in [2.45, 2.75) is 56.3 Å². The quantitative estimate of drug-likeness (QED) is 0.698. The average Bonchev–Trinajstić information content (AvgIpc) is 2.72. The molecule has 1 aliphatic heterocycles. The van der Waals surface area contributed by atoms with Gasteiger partial charge in [0, 0.05) is 13.2 Å². The van der Waals surface area contributed by atoms with Gasteiger partial charge in [-0.2, -0.15) is 0 Å². The Morgan fingerprint density at radius 3 is 2.79 bits per heavy atom. The monoisotopic (exact) mass is 199 g/mol. The number of aliphatic hydroxyl groups is 1. The molecule has 0 spiro atoms. The highest BCUT2D eigenvalue weighted by Crippen LogP contribution is 2.35. The van der Waals surface area contributed by atoms with Crippen LogP contribution >= 0.6 is 0 Å². The zero-order chi connectivity index (χ0) is 10.0. The maximum atomic E-state index is 10.6. The zero-order valence-electron chi connectivity index (χ0n) is 8.96. The molecule has 3 nitrogen and oxygen atoms in total. The predicted octanol–water partition coefficient (Wildman–Crippen LogP) is 1.06. The molecule has 2 fully saturated rings. The highest BCUT2D eigenvalue weighted by atomic mass is 16.5. The fraction of sp³-hybridized carbons (Fsp3) is 1.00. The molecular weight excluding hydrogens is 178 g/mol. The lowest BCUT2D eigenvalue weighted by molar-refractivity contribution is -0.133. The molecule has 3 unspecified atom stereocenters. The first kappa shape index (κ1) is 10.4. The summed E-state index contributed by atoms with van der Waals surface area (Å²) in [5.74, 6) is 0. The van der Waals surface area contributed by atoms with Crippen molar-refractivity contribution in [3.63, 3.8) is 0 Å². The summed E-state index contributed by atoms with van der Waals surface area (Å²) < 4.78 is 5.43. The van der Waals surface area contributed by atoms with Crippen LogP contribution in [0.1, 0.15) is 38.5 Å². The summed E-state index contributed by atoms with van der Waals surface area (Å²) in [5.41, 5.74) is -0.608. The van der Waals surface area contributed by atoms with E-state index >= 15 is 0 Å². The van der Waals surface area contributed by atoms with E-state index in [1.54, 1.807) is 7.11 Å². The Bertz CT molecular complexity index is 188. The average molecular weight is 199 g/mol. The summed E-state index contributed by atoms with van der Waals surface area (Å²) in [6.07, 6.45) is 6.53.